The summed E-state index contributed by atoms with van der Waals surface area (Å²) in [5.41, 5.74) is 0. The zero-order valence-electron chi connectivity index (χ0n) is 4.14. The van der Waals surface area contributed by atoms with Crippen molar-refractivity contribution >= 4 is 0 Å². The van der Waals surface area contributed by atoms with Gasteiger partial charge in [-0.05, 0) is 5.92 Å². The molecule has 1 N–H and O–H groups in total. The van der Waals surface area contributed by atoms with Crippen LogP contribution in [0.25, 0.3) is 0 Å². The average molecular weight is 258 g/mol. The number of hydrogen-bond donors (Lipinski definition) is 1. The minimum absolute atomic E-state index is 0. The van der Waals surface area contributed by atoms with Crippen LogP contribution in [0, 0.1) is 5.92 Å². The summed E-state index contributed by atoms with van der Waals surface area (Å²) in [6.45, 7) is 4.25. The van der Waals surface area contributed by atoms with E-state index < -0.39 is 0 Å². The third-order valence-corrected chi connectivity index (χ3v) is 0.365. The Morgan fingerprint density at radius 3 is 1.67 bits per heavy atom. The smallest absolute Gasteiger partial charge is 0.0453 e. The van der Waals surface area contributed by atoms with Crippen LogP contribution in [0.15, 0.2) is 0 Å². The first-order chi connectivity index (χ1) is 2.27. The molecule has 0 bridgehead atoms. The van der Waals surface area contributed by atoms with E-state index in [1.54, 1.807) is 0 Å². The van der Waals surface area contributed by atoms with E-state index in [0.29, 0.717) is 12.5 Å². The summed E-state index contributed by atoms with van der Waals surface area (Å²) >= 11 is 0. The monoisotopic (exact) mass is 258 g/mol. The molecule has 0 radical (unpaired) electrons. The first-order valence-electron chi connectivity index (χ1n) is 1.88. The topological polar surface area (TPSA) is 20.2 Å². The van der Waals surface area contributed by atoms with E-state index in [2.05, 4.69) is 0 Å². The fourth-order valence-corrected chi connectivity index (χ4v) is 0. The van der Waals surface area contributed by atoms with Gasteiger partial charge in [0.2, 0.25) is 0 Å². The maximum atomic E-state index is 8.14. The largest absolute Gasteiger partial charge is 0.396 e. The quantitative estimate of drug-likeness (QED) is 0.731. The average Bonchev–Trinajstić information content (AvgIpc) is 1.38. The molecule has 1 nitrogen and oxygen atoms in total. The van der Waals surface area contributed by atoms with E-state index >= 15 is 0 Å². The van der Waals surface area contributed by atoms with Crippen LogP contribution in [0.5, 0.6) is 0 Å². The van der Waals surface area contributed by atoms with Gasteiger partial charge in [0.15, 0.2) is 0 Å². The molecule has 0 aliphatic heterocycles. The van der Waals surface area contributed by atoms with E-state index in [4.69, 9.17) is 5.11 Å². The molecule has 0 unspecified atom stereocenters. The van der Waals surface area contributed by atoms with E-state index in [0.717, 1.165) is 0 Å². The van der Waals surface area contributed by atoms with Crippen molar-refractivity contribution in [2.75, 3.05) is 6.61 Å². The van der Waals surface area contributed by atoms with Gasteiger partial charge < -0.3 is 5.11 Å². The third kappa shape index (κ3) is 8.82. The zero-order chi connectivity index (χ0) is 4.28. The number of aliphatic hydroxyl groups is 1. The molecule has 0 saturated carbocycles. The molecule has 0 atom stereocenters. The van der Waals surface area contributed by atoms with E-state index in [-0.39, 0.29) is 21.1 Å². The van der Waals surface area contributed by atoms with E-state index in [9.17, 15) is 0 Å². The molecule has 0 aromatic rings. The Morgan fingerprint density at radius 1 is 1.50 bits per heavy atom. The van der Waals surface area contributed by atoms with Crippen LogP contribution in [0.4, 0.5) is 0 Å². The molecule has 38 valence electrons. The van der Waals surface area contributed by atoms with Crippen LogP contribution in [0.2, 0.25) is 0 Å². The van der Waals surface area contributed by atoms with E-state index in [1.807, 2.05) is 13.8 Å². The first kappa shape index (κ1) is 9.82. The van der Waals surface area contributed by atoms with Gasteiger partial charge in [0.25, 0.3) is 0 Å². The predicted octanol–water partition coefficient (Wildman–Crippen LogP) is 0.632. The number of aliphatic hydroxyl groups excluding tert-OH is 1. The van der Waals surface area contributed by atoms with Crippen LogP contribution in [0.1, 0.15) is 13.8 Å². The molecule has 0 rings (SSSR count). The number of hydrogen-bond acceptors (Lipinski definition) is 1. The molecule has 0 aromatic heterocycles. The molecule has 0 heterocycles. The summed E-state index contributed by atoms with van der Waals surface area (Å²) in [4.78, 5) is 0. The van der Waals surface area contributed by atoms with Gasteiger partial charge in [-0.2, -0.15) is 0 Å². The van der Waals surface area contributed by atoms with Crippen LogP contribution >= 0.6 is 0 Å². The Hall–Kier alpha value is 0.648. The van der Waals surface area contributed by atoms with Crippen LogP contribution < -0.4 is 0 Å². The standard InChI is InChI=1S/C4H10O.W/c1-4(2)3-5;/h4-5H,3H2,1-2H3;. The molecule has 0 aliphatic carbocycles. The van der Waals surface area contributed by atoms with Crippen LogP contribution in [-0.2, 0) is 21.1 Å². The van der Waals surface area contributed by atoms with Gasteiger partial charge in [0.1, 0.15) is 0 Å². The van der Waals surface area contributed by atoms with Crippen molar-refractivity contribution in [2.45, 2.75) is 13.8 Å². The molecular formula is C4H10OW. The third-order valence-electron chi connectivity index (χ3n) is 0.365. The molecule has 0 spiro atoms. The van der Waals surface area contributed by atoms with Gasteiger partial charge in [-0.1, -0.05) is 13.8 Å². The fraction of sp³-hybridized carbons (Fsp3) is 1.00. The van der Waals surface area contributed by atoms with E-state index in [1.165, 1.54) is 0 Å². The molecule has 6 heavy (non-hydrogen) atoms. The Labute approximate surface area is 53.0 Å². The van der Waals surface area contributed by atoms with Gasteiger partial charge in [-0.25, -0.2) is 0 Å². The van der Waals surface area contributed by atoms with Gasteiger partial charge in [0, 0.05) is 27.7 Å². The molecule has 0 fully saturated rings. The van der Waals surface area contributed by atoms with Crippen molar-refractivity contribution in [1.29, 1.82) is 0 Å². The normalized spacial score (nSPS) is 8.00. The molecule has 0 aromatic carbocycles. The van der Waals surface area contributed by atoms with Gasteiger partial charge in [-0.15, -0.1) is 0 Å². The summed E-state index contributed by atoms with van der Waals surface area (Å²) in [7, 11) is 0. The van der Waals surface area contributed by atoms with Crippen LogP contribution in [0.3, 0.4) is 0 Å². The molecule has 0 amide bonds. The summed E-state index contributed by atoms with van der Waals surface area (Å²) in [5.74, 6) is 0.440. The Kier molecular flexibility index (Phi) is 9.24. The van der Waals surface area contributed by atoms with Gasteiger partial charge >= 0.3 is 0 Å². The molecular weight excluding hydrogens is 248 g/mol. The van der Waals surface area contributed by atoms with Crippen LogP contribution in [-0.4, -0.2) is 11.7 Å². The van der Waals surface area contributed by atoms with Crippen molar-refractivity contribution < 1.29 is 26.2 Å². The van der Waals surface area contributed by atoms with Gasteiger partial charge in [-0.3, -0.25) is 0 Å². The second kappa shape index (κ2) is 5.65. The minimum atomic E-state index is 0. The van der Waals surface area contributed by atoms with Gasteiger partial charge in [0.05, 0.1) is 0 Å². The summed E-state index contributed by atoms with van der Waals surface area (Å²) in [6, 6.07) is 0. The molecule has 0 aliphatic rings. The predicted molar refractivity (Wildman–Crippen MR) is 21.9 cm³/mol. The minimum Gasteiger partial charge on any atom is -0.396 e. The number of rotatable bonds is 1. The summed E-state index contributed by atoms with van der Waals surface area (Å²) in [6.07, 6.45) is 0. The maximum Gasteiger partial charge on any atom is 0.0453 e. The second-order valence-electron chi connectivity index (χ2n) is 1.58. The van der Waals surface area contributed by atoms with Crippen molar-refractivity contribution in [3.63, 3.8) is 0 Å². The molecule has 2 heteroatoms. The first-order valence-corrected chi connectivity index (χ1v) is 1.88. The zero-order valence-corrected chi connectivity index (χ0v) is 7.07. The SMILES string of the molecule is CC(C)CO.[W]. The second-order valence-corrected chi connectivity index (χ2v) is 1.58. The van der Waals surface area contributed by atoms with Crippen molar-refractivity contribution in [1.82, 2.24) is 0 Å². The molecule has 0 saturated heterocycles. The Bertz CT molecular complexity index is 21.5. The van der Waals surface area contributed by atoms with Crippen molar-refractivity contribution in [3.05, 3.63) is 0 Å². The maximum absolute atomic E-state index is 8.14. The fourth-order valence-electron chi connectivity index (χ4n) is 0. The Balaban J connectivity index is 0. The summed E-state index contributed by atoms with van der Waals surface area (Å²) < 4.78 is 0. The van der Waals surface area contributed by atoms with Crippen molar-refractivity contribution in [2.24, 2.45) is 5.92 Å². The van der Waals surface area contributed by atoms with Crippen molar-refractivity contribution in [3.8, 4) is 0 Å². The Morgan fingerprint density at radius 2 is 1.67 bits per heavy atom. The summed E-state index contributed by atoms with van der Waals surface area (Å²) in [5, 5.41) is 8.14.